The van der Waals surface area contributed by atoms with Crippen LogP contribution in [0.2, 0.25) is 0 Å². The van der Waals surface area contributed by atoms with Gasteiger partial charge in [0, 0.05) is 24.4 Å². The van der Waals surface area contributed by atoms with Gasteiger partial charge in [-0.1, -0.05) is 24.6 Å². The van der Waals surface area contributed by atoms with Gasteiger partial charge in [0.15, 0.2) is 0 Å². The maximum absolute atomic E-state index is 12.7. The molecule has 1 aliphatic heterocycles. The van der Waals surface area contributed by atoms with E-state index in [1.807, 2.05) is 36.6 Å². The van der Waals surface area contributed by atoms with Gasteiger partial charge in [-0.15, -0.1) is 11.3 Å². The van der Waals surface area contributed by atoms with Crippen molar-refractivity contribution in [1.29, 1.82) is 0 Å². The molecule has 3 rings (SSSR count). The minimum absolute atomic E-state index is 0.000847. The molecule has 5 nitrogen and oxygen atoms in total. The Morgan fingerprint density at radius 3 is 2.48 bits per heavy atom. The van der Waals surface area contributed by atoms with Crippen LogP contribution in [0.25, 0.3) is 0 Å². The molecule has 0 aliphatic carbocycles. The normalized spacial score (nSPS) is 16.8. The van der Waals surface area contributed by atoms with E-state index in [2.05, 4.69) is 5.32 Å². The molecule has 146 valence electrons. The molecular weight excluding hydrogens is 380 g/mol. The summed E-state index contributed by atoms with van der Waals surface area (Å²) in [4.78, 5) is 13.6. The molecule has 0 spiro atoms. The van der Waals surface area contributed by atoms with Gasteiger partial charge in [-0.3, -0.25) is 4.79 Å². The molecule has 0 saturated carbocycles. The quantitative estimate of drug-likeness (QED) is 0.762. The topological polar surface area (TPSA) is 66.5 Å². The first-order valence-electron chi connectivity index (χ1n) is 9.38. The summed E-state index contributed by atoms with van der Waals surface area (Å²) in [5.41, 5.74) is 0.964. The van der Waals surface area contributed by atoms with E-state index in [-0.39, 0.29) is 11.9 Å². The first kappa shape index (κ1) is 20.0. The molecule has 1 fully saturated rings. The van der Waals surface area contributed by atoms with Crippen molar-refractivity contribution in [3.63, 3.8) is 0 Å². The van der Waals surface area contributed by atoms with E-state index in [1.54, 1.807) is 27.8 Å². The minimum atomic E-state index is -3.40. The van der Waals surface area contributed by atoms with Gasteiger partial charge in [-0.05, 0) is 55.3 Å². The summed E-state index contributed by atoms with van der Waals surface area (Å²) in [7, 11) is -3.40. The molecule has 1 aliphatic rings. The molecule has 1 amide bonds. The van der Waals surface area contributed by atoms with Gasteiger partial charge >= 0.3 is 0 Å². The Balaban J connectivity index is 1.53. The summed E-state index contributed by atoms with van der Waals surface area (Å²) in [5, 5.41) is 5.00. The molecule has 1 atom stereocenters. The number of thiophene rings is 1. The molecular formula is C20H26N2O3S2. The number of carbonyl (C=O) groups excluding carboxylic acids is 1. The molecule has 2 heterocycles. The second kappa shape index (κ2) is 8.99. The van der Waals surface area contributed by atoms with E-state index in [1.165, 1.54) is 0 Å². The van der Waals surface area contributed by atoms with Crippen LogP contribution in [-0.2, 0) is 21.2 Å². The summed E-state index contributed by atoms with van der Waals surface area (Å²) in [6.45, 7) is 3.18. The van der Waals surface area contributed by atoms with E-state index < -0.39 is 10.0 Å². The van der Waals surface area contributed by atoms with Crippen LogP contribution in [0.5, 0.6) is 0 Å². The summed E-state index contributed by atoms with van der Waals surface area (Å²) in [6, 6.07) is 10.9. The fraction of sp³-hybridized carbons (Fsp3) is 0.450. The van der Waals surface area contributed by atoms with E-state index in [0.717, 1.165) is 29.7 Å². The summed E-state index contributed by atoms with van der Waals surface area (Å²) in [6.07, 6.45) is 3.92. The molecule has 1 saturated heterocycles. The predicted octanol–water partition coefficient (Wildman–Crippen LogP) is 3.73. The number of rotatable bonds is 7. The second-order valence-corrected chi connectivity index (χ2v) is 9.83. The Hall–Kier alpha value is -1.70. The Kier molecular flexibility index (Phi) is 6.68. The predicted molar refractivity (Wildman–Crippen MR) is 108 cm³/mol. The van der Waals surface area contributed by atoms with Crippen LogP contribution in [0.1, 0.15) is 49.1 Å². The Labute approximate surface area is 165 Å². The molecule has 0 unspecified atom stereocenters. The molecule has 0 radical (unpaired) electrons. The average molecular weight is 407 g/mol. The van der Waals surface area contributed by atoms with Gasteiger partial charge in [0.25, 0.3) is 0 Å². The van der Waals surface area contributed by atoms with Crippen LogP contribution < -0.4 is 5.32 Å². The van der Waals surface area contributed by atoms with E-state index in [0.29, 0.717) is 30.8 Å². The SMILES string of the molecule is C[C@H](NC(=O)CCc1ccc(S(=O)(=O)N2CCCCC2)cc1)c1cccs1. The number of nitrogens with one attached hydrogen (secondary N) is 1. The zero-order valence-corrected chi connectivity index (χ0v) is 17.2. The summed E-state index contributed by atoms with van der Waals surface area (Å²) in [5.74, 6) is 0.000847. The van der Waals surface area contributed by atoms with Gasteiger partial charge in [-0.25, -0.2) is 8.42 Å². The number of piperidine rings is 1. The van der Waals surface area contributed by atoms with Gasteiger partial charge in [0.05, 0.1) is 10.9 Å². The first-order chi connectivity index (χ1) is 13.0. The number of carbonyl (C=O) groups is 1. The van der Waals surface area contributed by atoms with Crippen LogP contribution in [0.15, 0.2) is 46.7 Å². The molecule has 1 N–H and O–H groups in total. The van der Waals surface area contributed by atoms with Crippen molar-refractivity contribution in [2.75, 3.05) is 13.1 Å². The van der Waals surface area contributed by atoms with Gasteiger partial charge in [-0.2, -0.15) is 4.31 Å². The van der Waals surface area contributed by atoms with Crippen molar-refractivity contribution in [3.05, 3.63) is 52.2 Å². The van der Waals surface area contributed by atoms with Crippen molar-refractivity contribution < 1.29 is 13.2 Å². The van der Waals surface area contributed by atoms with E-state index in [9.17, 15) is 13.2 Å². The number of nitrogens with zero attached hydrogens (tertiary/aromatic N) is 1. The number of hydrogen-bond donors (Lipinski definition) is 1. The van der Waals surface area contributed by atoms with E-state index >= 15 is 0 Å². The fourth-order valence-electron chi connectivity index (χ4n) is 3.26. The number of aryl methyl sites for hydroxylation is 1. The lowest BCUT2D eigenvalue weighted by molar-refractivity contribution is -0.121. The maximum atomic E-state index is 12.7. The standard InChI is InChI=1S/C20H26N2O3S2/c1-16(19-6-5-15-26-19)21-20(23)12-9-17-7-10-18(11-8-17)27(24,25)22-13-3-2-4-14-22/h5-8,10-11,15-16H,2-4,9,12-14H2,1H3,(H,21,23)/t16-/m0/s1. The Morgan fingerprint density at radius 2 is 1.85 bits per heavy atom. The summed E-state index contributed by atoms with van der Waals surface area (Å²) < 4.78 is 26.9. The largest absolute Gasteiger partial charge is 0.349 e. The zero-order chi connectivity index (χ0) is 19.3. The summed E-state index contributed by atoms with van der Waals surface area (Å²) >= 11 is 1.63. The number of amides is 1. The molecule has 7 heteroatoms. The van der Waals surface area contributed by atoms with Crippen LogP contribution in [0.3, 0.4) is 0 Å². The monoisotopic (exact) mass is 406 g/mol. The van der Waals surface area contributed by atoms with Crippen molar-refractivity contribution >= 4 is 27.3 Å². The zero-order valence-electron chi connectivity index (χ0n) is 15.6. The van der Waals surface area contributed by atoms with Crippen molar-refractivity contribution in [2.24, 2.45) is 0 Å². The minimum Gasteiger partial charge on any atom is -0.349 e. The lowest BCUT2D eigenvalue weighted by Gasteiger charge is -2.25. The highest BCUT2D eigenvalue weighted by atomic mass is 32.2. The van der Waals surface area contributed by atoms with Gasteiger partial charge in [0.2, 0.25) is 15.9 Å². The second-order valence-electron chi connectivity index (χ2n) is 6.91. The van der Waals surface area contributed by atoms with E-state index in [4.69, 9.17) is 0 Å². The molecule has 27 heavy (non-hydrogen) atoms. The Bertz CT molecular complexity index is 840. The van der Waals surface area contributed by atoms with Gasteiger partial charge < -0.3 is 5.32 Å². The third-order valence-electron chi connectivity index (χ3n) is 4.86. The fourth-order valence-corrected chi connectivity index (χ4v) is 5.51. The highest BCUT2D eigenvalue weighted by Crippen LogP contribution is 2.21. The third-order valence-corrected chi connectivity index (χ3v) is 7.83. The third kappa shape index (κ3) is 5.18. The highest BCUT2D eigenvalue weighted by Gasteiger charge is 2.25. The molecule has 1 aromatic heterocycles. The lowest BCUT2D eigenvalue weighted by atomic mass is 10.1. The molecule has 0 bridgehead atoms. The van der Waals surface area contributed by atoms with Crippen molar-refractivity contribution in [1.82, 2.24) is 9.62 Å². The average Bonchev–Trinajstić information content (AvgIpc) is 3.22. The highest BCUT2D eigenvalue weighted by molar-refractivity contribution is 7.89. The smallest absolute Gasteiger partial charge is 0.243 e. The van der Waals surface area contributed by atoms with Gasteiger partial charge in [0.1, 0.15) is 0 Å². The van der Waals surface area contributed by atoms with Crippen molar-refractivity contribution in [2.45, 2.75) is 50.0 Å². The van der Waals surface area contributed by atoms with Crippen LogP contribution >= 0.6 is 11.3 Å². The van der Waals surface area contributed by atoms with Crippen LogP contribution in [0, 0.1) is 0 Å². The first-order valence-corrected chi connectivity index (χ1v) is 11.7. The molecule has 1 aromatic carbocycles. The number of hydrogen-bond acceptors (Lipinski definition) is 4. The Morgan fingerprint density at radius 1 is 1.15 bits per heavy atom. The number of benzene rings is 1. The lowest BCUT2D eigenvalue weighted by Crippen LogP contribution is -2.35. The van der Waals surface area contributed by atoms with Crippen LogP contribution in [-0.4, -0.2) is 31.7 Å². The molecule has 2 aromatic rings. The van der Waals surface area contributed by atoms with Crippen molar-refractivity contribution in [3.8, 4) is 0 Å². The maximum Gasteiger partial charge on any atom is 0.243 e. The number of sulfonamides is 1. The van der Waals surface area contributed by atoms with Crippen LogP contribution in [0.4, 0.5) is 0 Å².